The molecule has 1 aliphatic rings. The van der Waals surface area contributed by atoms with Crippen LogP contribution in [0, 0.1) is 13.8 Å². The molecule has 0 spiro atoms. The molecule has 170 valence electrons. The lowest BCUT2D eigenvalue weighted by Gasteiger charge is -2.31. The van der Waals surface area contributed by atoms with Crippen molar-refractivity contribution < 1.29 is 4.74 Å². The zero-order valence-corrected chi connectivity index (χ0v) is 20.3. The summed E-state index contributed by atoms with van der Waals surface area (Å²) in [4.78, 5) is 15.9. The van der Waals surface area contributed by atoms with E-state index in [1.165, 1.54) is 11.1 Å². The summed E-state index contributed by atoms with van der Waals surface area (Å²) in [5.41, 5.74) is 5.00. The number of methoxy groups -OCH3 is 1. The average molecular weight is 481 g/mol. The van der Waals surface area contributed by atoms with Crippen LogP contribution in [0.15, 0.2) is 53.5 Å². The van der Waals surface area contributed by atoms with Crippen LogP contribution in [0.3, 0.4) is 0 Å². The molecule has 1 aromatic heterocycles. The Kier molecular flexibility index (Phi) is 7.05. The number of halogens is 1. The fourth-order valence-corrected chi connectivity index (χ4v) is 4.12. The molecule has 0 radical (unpaired) electrons. The molecule has 33 heavy (non-hydrogen) atoms. The molecule has 2 N–H and O–H groups in total. The SMILES string of the molecule is COc1ccc(Cl)cc1NC(=S)/N=C(/Nc1nc(C)cc(C)n1)N1CCc2ccccc2C1. The molecule has 0 atom stereocenters. The first kappa shape index (κ1) is 22.9. The molecule has 9 heteroatoms. The minimum atomic E-state index is 0.265. The fourth-order valence-electron chi connectivity index (χ4n) is 3.75. The van der Waals surface area contributed by atoms with Gasteiger partial charge in [-0.3, -0.25) is 5.32 Å². The Morgan fingerprint density at radius 2 is 1.79 bits per heavy atom. The van der Waals surface area contributed by atoms with Crippen LogP contribution in [0.25, 0.3) is 0 Å². The van der Waals surface area contributed by atoms with Gasteiger partial charge in [0.2, 0.25) is 17.0 Å². The minimum Gasteiger partial charge on any atom is -0.495 e. The quantitative estimate of drug-likeness (QED) is 0.311. The minimum absolute atomic E-state index is 0.265. The lowest BCUT2D eigenvalue weighted by Crippen LogP contribution is -2.41. The Morgan fingerprint density at radius 1 is 1.06 bits per heavy atom. The third-order valence-electron chi connectivity index (χ3n) is 5.25. The van der Waals surface area contributed by atoms with Gasteiger partial charge in [-0.15, -0.1) is 0 Å². The highest BCUT2D eigenvalue weighted by atomic mass is 35.5. The van der Waals surface area contributed by atoms with Crippen LogP contribution in [-0.4, -0.2) is 39.6 Å². The molecule has 0 unspecified atom stereocenters. The van der Waals surface area contributed by atoms with E-state index in [1.54, 1.807) is 25.3 Å². The van der Waals surface area contributed by atoms with Crippen molar-refractivity contribution in [1.29, 1.82) is 0 Å². The van der Waals surface area contributed by atoms with Gasteiger partial charge in [-0.1, -0.05) is 35.9 Å². The monoisotopic (exact) mass is 480 g/mol. The van der Waals surface area contributed by atoms with Crippen molar-refractivity contribution in [3.05, 3.63) is 76.1 Å². The Balaban J connectivity index is 1.64. The molecule has 0 bridgehead atoms. The number of aryl methyl sites for hydroxylation is 2. The van der Waals surface area contributed by atoms with Crippen molar-refractivity contribution in [2.24, 2.45) is 4.99 Å². The number of rotatable bonds is 3. The Hall–Kier alpha value is -3.23. The molecule has 0 amide bonds. The van der Waals surface area contributed by atoms with Crippen LogP contribution in [0.2, 0.25) is 5.02 Å². The fraction of sp³-hybridized carbons (Fsp3) is 0.250. The van der Waals surface area contributed by atoms with E-state index in [0.717, 1.165) is 24.4 Å². The van der Waals surface area contributed by atoms with Crippen molar-refractivity contribution >= 4 is 46.5 Å². The number of thiocarbonyl (C=S) groups is 1. The molecule has 0 aliphatic carbocycles. The van der Waals surface area contributed by atoms with Crippen LogP contribution in [0.5, 0.6) is 5.75 Å². The first-order valence-corrected chi connectivity index (χ1v) is 11.3. The second-order valence-corrected chi connectivity index (χ2v) is 8.57. The van der Waals surface area contributed by atoms with Gasteiger partial charge in [0.25, 0.3) is 0 Å². The van der Waals surface area contributed by atoms with Crippen molar-refractivity contribution in [1.82, 2.24) is 14.9 Å². The van der Waals surface area contributed by atoms with E-state index in [1.807, 2.05) is 19.9 Å². The van der Waals surface area contributed by atoms with Gasteiger partial charge in [0.1, 0.15) is 5.75 Å². The van der Waals surface area contributed by atoms with Gasteiger partial charge >= 0.3 is 0 Å². The summed E-state index contributed by atoms with van der Waals surface area (Å²) < 4.78 is 5.41. The number of nitrogens with zero attached hydrogens (tertiary/aromatic N) is 4. The number of hydrogen-bond acceptors (Lipinski definition) is 4. The topological polar surface area (TPSA) is 74.7 Å². The highest BCUT2D eigenvalue weighted by molar-refractivity contribution is 7.80. The molecule has 3 aromatic rings. The van der Waals surface area contributed by atoms with Crippen molar-refractivity contribution in [3.63, 3.8) is 0 Å². The van der Waals surface area contributed by atoms with Crippen LogP contribution in [-0.2, 0) is 13.0 Å². The van der Waals surface area contributed by atoms with Gasteiger partial charge < -0.3 is 15.0 Å². The smallest absolute Gasteiger partial charge is 0.229 e. The molecular weight excluding hydrogens is 456 g/mol. The van der Waals surface area contributed by atoms with Gasteiger partial charge in [0.05, 0.1) is 12.8 Å². The third-order valence-corrected chi connectivity index (χ3v) is 5.68. The molecule has 0 fully saturated rings. The van der Waals surface area contributed by atoms with Gasteiger partial charge in [-0.25, -0.2) is 9.97 Å². The summed E-state index contributed by atoms with van der Waals surface area (Å²) >= 11 is 11.7. The van der Waals surface area contributed by atoms with E-state index in [4.69, 9.17) is 33.5 Å². The largest absolute Gasteiger partial charge is 0.495 e. The normalized spacial score (nSPS) is 13.3. The number of nitrogens with one attached hydrogen (secondary N) is 2. The summed E-state index contributed by atoms with van der Waals surface area (Å²) in [5.74, 6) is 1.68. The second kappa shape index (κ2) is 10.1. The summed E-state index contributed by atoms with van der Waals surface area (Å²) in [5, 5.41) is 7.25. The molecule has 1 aliphatic heterocycles. The lowest BCUT2D eigenvalue weighted by atomic mass is 10.0. The standard InChI is InChI=1S/C24H25ClN6OS/c1-15-12-16(2)27-22(26-15)29-23(31-11-10-17-6-4-5-7-18(17)14-31)30-24(33)28-20-13-19(25)8-9-21(20)32-3/h4-9,12-13H,10-11,14H2,1-3H3,(H2,26,27,28,29,30,33). The maximum atomic E-state index is 6.16. The molecular formula is C24H25ClN6OS. The number of hydrogen-bond donors (Lipinski definition) is 2. The zero-order valence-electron chi connectivity index (χ0n) is 18.7. The van der Waals surface area contributed by atoms with Crippen LogP contribution < -0.4 is 15.4 Å². The highest BCUT2D eigenvalue weighted by Gasteiger charge is 2.21. The number of aliphatic imine (C=N–C) groups is 1. The average Bonchev–Trinajstić information content (AvgIpc) is 2.78. The molecule has 0 saturated heterocycles. The van der Waals surface area contributed by atoms with E-state index in [-0.39, 0.29) is 5.11 Å². The maximum Gasteiger partial charge on any atom is 0.229 e. The third kappa shape index (κ3) is 5.77. The van der Waals surface area contributed by atoms with Crippen molar-refractivity contribution in [3.8, 4) is 5.75 Å². The van der Waals surface area contributed by atoms with Gasteiger partial charge in [0, 0.05) is 29.5 Å². The summed E-state index contributed by atoms with van der Waals surface area (Å²) in [6, 6.07) is 15.6. The van der Waals surface area contributed by atoms with E-state index in [9.17, 15) is 0 Å². The molecule has 2 aromatic carbocycles. The van der Waals surface area contributed by atoms with E-state index < -0.39 is 0 Å². The summed E-state index contributed by atoms with van der Waals surface area (Å²) in [6.07, 6.45) is 0.910. The first-order chi connectivity index (χ1) is 15.9. The predicted octanol–water partition coefficient (Wildman–Crippen LogP) is 4.98. The number of guanidine groups is 1. The first-order valence-electron chi connectivity index (χ1n) is 10.6. The van der Waals surface area contributed by atoms with E-state index in [0.29, 0.717) is 34.9 Å². The number of fused-ring (bicyclic) bond motifs is 1. The van der Waals surface area contributed by atoms with Crippen LogP contribution in [0.4, 0.5) is 11.6 Å². The Morgan fingerprint density at radius 3 is 2.52 bits per heavy atom. The number of anilines is 2. The second-order valence-electron chi connectivity index (χ2n) is 7.75. The van der Waals surface area contributed by atoms with Crippen LogP contribution in [0.1, 0.15) is 22.5 Å². The van der Waals surface area contributed by atoms with Crippen molar-refractivity contribution in [2.45, 2.75) is 26.8 Å². The van der Waals surface area contributed by atoms with Crippen LogP contribution >= 0.6 is 23.8 Å². The summed E-state index contributed by atoms with van der Waals surface area (Å²) in [6.45, 7) is 5.36. The lowest BCUT2D eigenvalue weighted by molar-refractivity contribution is 0.393. The van der Waals surface area contributed by atoms with Gasteiger partial charge in [-0.2, -0.15) is 4.99 Å². The number of ether oxygens (including phenoxy) is 1. The van der Waals surface area contributed by atoms with E-state index in [2.05, 4.69) is 49.8 Å². The van der Waals surface area contributed by atoms with E-state index >= 15 is 0 Å². The predicted molar refractivity (Wildman–Crippen MR) is 137 cm³/mol. The van der Waals surface area contributed by atoms with Crippen molar-refractivity contribution in [2.75, 3.05) is 24.3 Å². The van der Waals surface area contributed by atoms with Gasteiger partial charge in [-0.05, 0) is 67.9 Å². The number of aromatic nitrogens is 2. The zero-order chi connectivity index (χ0) is 23.4. The Bertz CT molecular complexity index is 1200. The maximum absolute atomic E-state index is 6.16. The number of benzene rings is 2. The van der Waals surface area contributed by atoms with Gasteiger partial charge in [0.15, 0.2) is 0 Å². The Labute approximate surface area is 203 Å². The highest BCUT2D eigenvalue weighted by Crippen LogP contribution is 2.28. The molecule has 4 rings (SSSR count). The molecule has 7 nitrogen and oxygen atoms in total. The summed E-state index contributed by atoms with van der Waals surface area (Å²) in [7, 11) is 1.59. The molecule has 0 saturated carbocycles. The molecule has 2 heterocycles.